The molecule has 1 unspecified atom stereocenters. The number of benzene rings is 1. The van der Waals surface area contributed by atoms with Crippen LogP contribution < -0.4 is 11.1 Å². The highest BCUT2D eigenvalue weighted by molar-refractivity contribution is 5.93. The first kappa shape index (κ1) is 15.5. The second-order valence-corrected chi connectivity index (χ2v) is 6.69. The summed E-state index contributed by atoms with van der Waals surface area (Å²) >= 11 is 0. The highest BCUT2D eigenvalue weighted by Gasteiger charge is 2.18. The molecule has 1 aromatic carbocycles. The molecule has 0 saturated carbocycles. The number of rotatable bonds is 4. The largest absolute Gasteiger partial charge is 0.441 e. The van der Waals surface area contributed by atoms with Gasteiger partial charge in [0.15, 0.2) is 11.5 Å². The standard InChI is InChI=1S/C16H23N3O2/c1-10-18-13-8-12(5-6-14(13)21-10)19-15(20)7-11(17)9-16(2,3)4/h5-6,8,11H,7,9,17H2,1-4H3,(H,19,20). The number of hydrogen-bond donors (Lipinski definition) is 2. The van der Waals surface area contributed by atoms with Gasteiger partial charge in [-0.25, -0.2) is 4.98 Å². The van der Waals surface area contributed by atoms with E-state index in [9.17, 15) is 4.79 Å². The molecule has 5 nitrogen and oxygen atoms in total. The molecule has 1 heterocycles. The van der Waals surface area contributed by atoms with Gasteiger partial charge in [0.1, 0.15) is 5.52 Å². The van der Waals surface area contributed by atoms with Gasteiger partial charge in [-0.1, -0.05) is 20.8 Å². The summed E-state index contributed by atoms with van der Waals surface area (Å²) in [5.74, 6) is 0.534. The van der Waals surface area contributed by atoms with Gasteiger partial charge in [-0.2, -0.15) is 0 Å². The Bertz CT molecular complexity index is 640. The number of fused-ring (bicyclic) bond motifs is 1. The normalized spacial score (nSPS) is 13.4. The Labute approximate surface area is 124 Å². The van der Waals surface area contributed by atoms with Crippen LogP contribution in [0.3, 0.4) is 0 Å². The van der Waals surface area contributed by atoms with Crippen LogP contribution in [0.5, 0.6) is 0 Å². The molecule has 5 heteroatoms. The quantitative estimate of drug-likeness (QED) is 0.905. The number of nitrogens with two attached hydrogens (primary N) is 1. The number of oxazole rings is 1. The van der Waals surface area contributed by atoms with E-state index in [4.69, 9.17) is 10.2 Å². The van der Waals surface area contributed by atoms with E-state index in [-0.39, 0.29) is 17.4 Å². The lowest BCUT2D eigenvalue weighted by atomic mass is 9.87. The molecular formula is C16H23N3O2. The van der Waals surface area contributed by atoms with Gasteiger partial charge in [-0.15, -0.1) is 0 Å². The Hall–Kier alpha value is -1.88. The first-order valence-electron chi connectivity index (χ1n) is 7.15. The van der Waals surface area contributed by atoms with Crippen molar-refractivity contribution in [2.24, 2.45) is 11.1 Å². The van der Waals surface area contributed by atoms with Crippen LogP contribution in [0.25, 0.3) is 11.1 Å². The van der Waals surface area contributed by atoms with E-state index in [0.717, 1.165) is 17.5 Å². The summed E-state index contributed by atoms with van der Waals surface area (Å²) in [7, 11) is 0. The molecule has 2 rings (SSSR count). The molecule has 2 aromatic rings. The zero-order valence-corrected chi connectivity index (χ0v) is 13.1. The van der Waals surface area contributed by atoms with Gasteiger partial charge in [0, 0.05) is 25.1 Å². The molecule has 0 fully saturated rings. The van der Waals surface area contributed by atoms with Crippen molar-refractivity contribution in [3.8, 4) is 0 Å². The van der Waals surface area contributed by atoms with E-state index < -0.39 is 0 Å². The third-order valence-electron chi connectivity index (χ3n) is 3.10. The monoisotopic (exact) mass is 289 g/mol. The number of carbonyl (C=O) groups excluding carboxylic acids is 1. The van der Waals surface area contributed by atoms with Gasteiger partial charge >= 0.3 is 0 Å². The smallest absolute Gasteiger partial charge is 0.225 e. The molecule has 0 spiro atoms. The molecule has 0 bridgehead atoms. The summed E-state index contributed by atoms with van der Waals surface area (Å²) in [6.07, 6.45) is 1.12. The van der Waals surface area contributed by atoms with Crippen LogP contribution in [0.15, 0.2) is 22.6 Å². The lowest BCUT2D eigenvalue weighted by molar-refractivity contribution is -0.116. The predicted molar refractivity (Wildman–Crippen MR) is 84.0 cm³/mol. The number of anilines is 1. The van der Waals surface area contributed by atoms with Gasteiger partial charge in [0.05, 0.1) is 0 Å². The number of aromatic nitrogens is 1. The van der Waals surface area contributed by atoms with Crippen LogP contribution in [-0.4, -0.2) is 16.9 Å². The SMILES string of the molecule is Cc1nc2cc(NC(=O)CC(N)CC(C)(C)C)ccc2o1. The molecule has 0 radical (unpaired) electrons. The van der Waals surface area contributed by atoms with Crippen LogP contribution in [0.2, 0.25) is 0 Å². The zero-order chi connectivity index (χ0) is 15.6. The number of carbonyl (C=O) groups is 1. The number of nitrogens with zero attached hydrogens (tertiary/aromatic N) is 1. The summed E-state index contributed by atoms with van der Waals surface area (Å²) in [6.45, 7) is 8.15. The Morgan fingerprint density at radius 3 is 2.81 bits per heavy atom. The van der Waals surface area contributed by atoms with Gasteiger partial charge in [-0.3, -0.25) is 4.79 Å². The Morgan fingerprint density at radius 2 is 2.14 bits per heavy atom. The molecule has 114 valence electrons. The fourth-order valence-corrected chi connectivity index (χ4v) is 2.43. The van der Waals surface area contributed by atoms with E-state index >= 15 is 0 Å². The van der Waals surface area contributed by atoms with Crippen molar-refractivity contribution in [1.82, 2.24) is 4.98 Å². The summed E-state index contributed by atoms with van der Waals surface area (Å²) in [5, 5.41) is 2.86. The molecule has 0 aliphatic rings. The van der Waals surface area contributed by atoms with Crippen LogP contribution in [0.1, 0.15) is 39.5 Å². The zero-order valence-electron chi connectivity index (χ0n) is 13.1. The lowest BCUT2D eigenvalue weighted by Gasteiger charge is -2.22. The minimum atomic E-state index is -0.136. The lowest BCUT2D eigenvalue weighted by Crippen LogP contribution is -2.31. The second-order valence-electron chi connectivity index (χ2n) is 6.69. The third-order valence-corrected chi connectivity index (χ3v) is 3.10. The molecule has 3 N–H and O–H groups in total. The summed E-state index contributed by atoms with van der Waals surface area (Å²) < 4.78 is 5.40. The average molecular weight is 289 g/mol. The van der Waals surface area contributed by atoms with E-state index in [1.807, 2.05) is 0 Å². The van der Waals surface area contributed by atoms with Gasteiger partial charge in [-0.05, 0) is 30.0 Å². The van der Waals surface area contributed by atoms with Crippen molar-refractivity contribution in [3.63, 3.8) is 0 Å². The van der Waals surface area contributed by atoms with Gasteiger partial charge < -0.3 is 15.5 Å². The Morgan fingerprint density at radius 1 is 1.43 bits per heavy atom. The van der Waals surface area contributed by atoms with Gasteiger partial charge in [0.2, 0.25) is 5.91 Å². The minimum absolute atomic E-state index is 0.0775. The molecule has 0 aliphatic heterocycles. The maximum atomic E-state index is 12.0. The van der Waals surface area contributed by atoms with Crippen molar-refractivity contribution in [3.05, 3.63) is 24.1 Å². The van der Waals surface area contributed by atoms with E-state index in [2.05, 4.69) is 31.1 Å². The van der Waals surface area contributed by atoms with E-state index in [1.54, 1.807) is 25.1 Å². The fraction of sp³-hybridized carbons (Fsp3) is 0.500. The van der Waals surface area contributed by atoms with Crippen molar-refractivity contribution in [2.75, 3.05) is 5.32 Å². The van der Waals surface area contributed by atoms with Crippen molar-refractivity contribution in [2.45, 2.75) is 46.6 Å². The fourth-order valence-electron chi connectivity index (χ4n) is 2.43. The number of aryl methyl sites for hydroxylation is 1. The molecule has 1 atom stereocenters. The summed E-state index contributed by atoms with van der Waals surface area (Å²) in [6, 6.07) is 5.28. The Balaban J connectivity index is 1.97. The highest BCUT2D eigenvalue weighted by Crippen LogP contribution is 2.22. The molecule has 1 aromatic heterocycles. The first-order valence-corrected chi connectivity index (χ1v) is 7.15. The van der Waals surface area contributed by atoms with Crippen molar-refractivity contribution in [1.29, 1.82) is 0 Å². The van der Waals surface area contributed by atoms with Crippen LogP contribution in [0.4, 0.5) is 5.69 Å². The number of nitrogens with one attached hydrogen (secondary N) is 1. The van der Waals surface area contributed by atoms with Gasteiger partial charge in [0.25, 0.3) is 0 Å². The number of hydrogen-bond acceptors (Lipinski definition) is 4. The van der Waals surface area contributed by atoms with Crippen LogP contribution >= 0.6 is 0 Å². The van der Waals surface area contributed by atoms with E-state index in [1.165, 1.54) is 0 Å². The molecule has 0 aliphatic carbocycles. The van der Waals surface area contributed by atoms with Crippen molar-refractivity contribution < 1.29 is 9.21 Å². The molecule has 1 amide bonds. The predicted octanol–water partition coefficient (Wildman–Crippen LogP) is 3.23. The third kappa shape index (κ3) is 4.56. The number of amides is 1. The maximum absolute atomic E-state index is 12.0. The average Bonchev–Trinajstić information content (AvgIpc) is 2.65. The van der Waals surface area contributed by atoms with Crippen LogP contribution in [0, 0.1) is 12.3 Å². The topological polar surface area (TPSA) is 81.2 Å². The summed E-state index contributed by atoms with van der Waals surface area (Å²) in [5.41, 5.74) is 8.31. The molecule has 21 heavy (non-hydrogen) atoms. The van der Waals surface area contributed by atoms with Crippen LogP contribution in [-0.2, 0) is 4.79 Å². The summed E-state index contributed by atoms with van der Waals surface area (Å²) in [4.78, 5) is 16.3. The maximum Gasteiger partial charge on any atom is 0.225 e. The van der Waals surface area contributed by atoms with Crippen molar-refractivity contribution >= 4 is 22.7 Å². The minimum Gasteiger partial charge on any atom is -0.441 e. The molecular weight excluding hydrogens is 266 g/mol. The first-order chi connectivity index (χ1) is 9.73. The molecule has 0 saturated heterocycles. The second kappa shape index (κ2) is 5.85. The highest BCUT2D eigenvalue weighted by atomic mass is 16.3. The van der Waals surface area contributed by atoms with E-state index in [0.29, 0.717) is 18.0 Å². The Kier molecular flexibility index (Phi) is 4.32.